The number of allylic oxidation sites excluding steroid dienone is 1. The Balaban J connectivity index is 2.00. The number of carboxylic acid groups (broad SMARTS) is 1. The van der Waals surface area contributed by atoms with Crippen LogP contribution in [0.15, 0.2) is 30.4 Å². The largest absolute Gasteiger partial charge is 0.508 e. The number of ketones is 1. The molecule has 2 aliphatic rings. The zero-order valence-electron chi connectivity index (χ0n) is 35.0. The van der Waals surface area contributed by atoms with Crippen molar-refractivity contribution < 1.29 is 39.0 Å². The number of nitrogens with two attached hydrogens (primary N) is 2. The van der Waals surface area contributed by atoms with Gasteiger partial charge in [0.1, 0.15) is 23.9 Å². The third-order valence-corrected chi connectivity index (χ3v) is 11.2. The summed E-state index contributed by atoms with van der Waals surface area (Å²) < 4.78 is 0. The number of rotatable bonds is 14. The van der Waals surface area contributed by atoms with Crippen LogP contribution in [0.3, 0.4) is 0 Å². The second-order valence-electron chi connectivity index (χ2n) is 16.5. The molecule has 15 heteroatoms. The summed E-state index contributed by atoms with van der Waals surface area (Å²) in [6.07, 6.45) is 9.18. The van der Waals surface area contributed by atoms with Crippen molar-refractivity contribution >= 4 is 35.4 Å². The van der Waals surface area contributed by atoms with Crippen LogP contribution in [0.4, 0.5) is 0 Å². The van der Waals surface area contributed by atoms with Crippen LogP contribution < -0.4 is 32.7 Å². The molecule has 1 aromatic rings. The molecule has 4 amide bonds. The number of aromatic hydroxyl groups is 1. The van der Waals surface area contributed by atoms with Crippen LogP contribution >= 0.6 is 0 Å². The van der Waals surface area contributed by atoms with E-state index in [1.807, 2.05) is 39.8 Å². The van der Waals surface area contributed by atoms with Gasteiger partial charge in [0.15, 0.2) is 5.78 Å². The highest BCUT2D eigenvalue weighted by atomic mass is 16.4. The van der Waals surface area contributed by atoms with Gasteiger partial charge < -0.3 is 47.8 Å². The maximum absolute atomic E-state index is 14.3. The predicted octanol–water partition coefficient (Wildman–Crippen LogP) is 2.46. The standard InChI is InChI=1S/C43H69N7O8/c1-5-28(4)38(37(52)26-31(43(57)58)23-27(2)3)49-40(54)34-25-29-17-18-36(51)30(24-29)13-7-10-20-46-21-11-8-14-32(45)39(53)47-33(15-6-9-19-44)42(56)50-22-12-16-35(50)41(55)48-34/h7,10,17-18,24,27-28,31-35,38,46,51H,5-6,8-9,11-16,19-23,25-26,44-45H2,1-4H3,(H,47,53)(H,48,55)(H,49,54)(H,57,58)/t28?,31-,32+,33+,34+,35+,38+/m1/s1. The van der Waals surface area contributed by atoms with Crippen molar-refractivity contribution in [2.24, 2.45) is 29.2 Å². The number of fused-ring (bicyclic) bond motifs is 3. The van der Waals surface area contributed by atoms with E-state index in [1.165, 1.54) is 4.90 Å². The molecule has 2 bridgehead atoms. The Hall–Kier alpha value is -4.34. The number of nitrogens with zero attached hydrogens (tertiary/aromatic N) is 1. The number of carboxylic acids is 1. The molecular formula is C43H69N7O8. The van der Waals surface area contributed by atoms with E-state index < -0.39 is 71.5 Å². The lowest BCUT2D eigenvalue weighted by molar-refractivity contribution is -0.145. The molecule has 0 aliphatic carbocycles. The normalized spacial score (nSPS) is 23.3. The Labute approximate surface area is 343 Å². The number of nitrogens with one attached hydrogen (secondary N) is 4. The molecule has 0 spiro atoms. The fourth-order valence-corrected chi connectivity index (χ4v) is 7.64. The lowest BCUT2D eigenvalue weighted by Crippen LogP contribution is -2.59. The van der Waals surface area contributed by atoms with Crippen LogP contribution in [-0.4, -0.2) is 107 Å². The Morgan fingerprint density at radius 1 is 1.00 bits per heavy atom. The van der Waals surface area contributed by atoms with Gasteiger partial charge >= 0.3 is 5.97 Å². The van der Waals surface area contributed by atoms with Crippen molar-refractivity contribution in [3.63, 3.8) is 0 Å². The van der Waals surface area contributed by atoms with Gasteiger partial charge in [-0.05, 0) is 99.9 Å². The smallest absolute Gasteiger partial charge is 0.306 e. The van der Waals surface area contributed by atoms with Crippen LogP contribution in [0.1, 0.15) is 109 Å². The first-order valence-electron chi connectivity index (χ1n) is 21.3. The number of carbonyl (C=O) groups excluding carboxylic acids is 5. The number of benzene rings is 1. The molecule has 2 aliphatic heterocycles. The fourth-order valence-electron chi connectivity index (χ4n) is 7.64. The van der Waals surface area contributed by atoms with E-state index in [0.29, 0.717) is 95.0 Å². The minimum atomic E-state index is -1.20. The Kier molecular flexibility index (Phi) is 20.3. The maximum atomic E-state index is 14.3. The molecule has 3 rings (SSSR count). The molecule has 58 heavy (non-hydrogen) atoms. The van der Waals surface area contributed by atoms with E-state index in [-0.39, 0.29) is 37.0 Å². The molecule has 0 aromatic heterocycles. The van der Waals surface area contributed by atoms with Crippen LogP contribution in [0.25, 0.3) is 0 Å². The summed E-state index contributed by atoms with van der Waals surface area (Å²) in [4.78, 5) is 83.3. The Morgan fingerprint density at radius 2 is 1.76 bits per heavy atom. The maximum Gasteiger partial charge on any atom is 0.306 e. The van der Waals surface area contributed by atoms with Gasteiger partial charge in [-0.3, -0.25) is 28.8 Å². The first-order chi connectivity index (χ1) is 27.7. The van der Waals surface area contributed by atoms with Crippen LogP contribution in [0.2, 0.25) is 0 Å². The van der Waals surface area contributed by atoms with Gasteiger partial charge in [0.2, 0.25) is 23.6 Å². The van der Waals surface area contributed by atoms with Crippen LogP contribution in [0, 0.1) is 17.8 Å². The van der Waals surface area contributed by atoms with E-state index in [1.54, 1.807) is 18.2 Å². The number of hydrogen-bond acceptors (Lipinski definition) is 10. The number of phenols is 1. The number of phenolic OH excluding ortho intramolecular Hbond substituents is 1. The van der Waals surface area contributed by atoms with E-state index in [4.69, 9.17) is 11.5 Å². The highest BCUT2D eigenvalue weighted by molar-refractivity contribution is 5.97. The molecule has 1 saturated heterocycles. The third-order valence-electron chi connectivity index (χ3n) is 11.2. The Bertz CT molecular complexity index is 1570. The van der Waals surface area contributed by atoms with Gasteiger partial charge in [-0.25, -0.2) is 0 Å². The molecule has 324 valence electrons. The van der Waals surface area contributed by atoms with E-state index in [9.17, 15) is 39.0 Å². The molecule has 15 nitrogen and oxygen atoms in total. The molecule has 0 radical (unpaired) electrons. The monoisotopic (exact) mass is 812 g/mol. The van der Waals surface area contributed by atoms with Gasteiger partial charge in [0.05, 0.1) is 18.0 Å². The summed E-state index contributed by atoms with van der Waals surface area (Å²) in [5.41, 5.74) is 13.3. The third kappa shape index (κ3) is 15.1. The minimum absolute atomic E-state index is 0.00103. The highest BCUT2D eigenvalue weighted by Gasteiger charge is 2.40. The van der Waals surface area contributed by atoms with Gasteiger partial charge in [0, 0.05) is 25.9 Å². The molecular weight excluding hydrogens is 743 g/mol. The number of amides is 4. The molecule has 1 unspecified atom stereocenters. The number of carbonyl (C=O) groups is 6. The van der Waals surface area contributed by atoms with E-state index >= 15 is 0 Å². The highest BCUT2D eigenvalue weighted by Crippen LogP contribution is 2.24. The van der Waals surface area contributed by atoms with Gasteiger partial charge in [-0.15, -0.1) is 0 Å². The zero-order chi connectivity index (χ0) is 42.8. The molecule has 1 fully saturated rings. The summed E-state index contributed by atoms with van der Waals surface area (Å²) in [7, 11) is 0. The summed E-state index contributed by atoms with van der Waals surface area (Å²) in [6.45, 7) is 9.45. The Morgan fingerprint density at radius 3 is 2.45 bits per heavy atom. The molecule has 2 heterocycles. The lowest BCUT2D eigenvalue weighted by atomic mass is 9.86. The second-order valence-corrected chi connectivity index (χ2v) is 16.5. The predicted molar refractivity (Wildman–Crippen MR) is 222 cm³/mol. The number of hydrogen-bond donors (Lipinski definition) is 8. The number of aliphatic carboxylic acids is 1. The van der Waals surface area contributed by atoms with Crippen molar-refractivity contribution in [3.8, 4) is 5.75 Å². The summed E-state index contributed by atoms with van der Waals surface area (Å²) >= 11 is 0. The lowest BCUT2D eigenvalue weighted by Gasteiger charge is -2.31. The summed E-state index contributed by atoms with van der Waals surface area (Å²) in [5, 5.41) is 32.5. The molecule has 1 aromatic carbocycles. The zero-order valence-corrected chi connectivity index (χ0v) is 35.0. The van der Waals surface area contributed by atoms with Crippen molar-refractivity contribution in [2.75, 3.05) is 26.2 Å². The van der Waals surface area contributed by atoms with Crippen molar-refractivity contribution in [1.29, 1.82) is 0 Å². The first-order valence-corrected chi connectivity index (χ1v) is 21.3. The molecule has 10 N–H and O–H groups in total. The van der Waals surface area contributed by atoms with Crippen molar-refractivity contribution in [1.82, 2.24) is 26.2 Å². The average Bonchev–Trinajstić information content (AvgIpc) is 3.68. The minimum Gasteiger partial charge on any atom is -0.508 e. The van der Waals surface area contributed by atoms with Gasteiger partial charge in [-0.2, -0.15) is 0 Å². The SMILES string of the molecule is CCC(C)[C@H](NC(=O)[C@@H]1Cc2ccc(O)c(c2)CC=CCNCCCC[C@H](N)C(=O)N[C@@H](CCCCN)C(=O)N2CCC[C@H]2C(=O)N1)C(=O)C[C@@H](CC(C)C)C(=O)O. The number of Topliss-reactive ketones (excluding diaryl/α,β-unsaturated/α-hetero) is 1. The van der Waals surface area contributed by atoms with E-state index in [2.05, 4.69) is 21.3 Å². The van der Waals surface area contributed by atoms with Crippen LogP contribution in [-0.2, 0) is 41.6 Å². The molecule has 0 saturated carbocycles. The van der Waals surface area contributed by atoms with Gasteiger partial charge in [-0.1, -0.05) is 64.8 Å². The molecule has 7 atom stereocenters. The fraction of sp³-hybridized carbons (Fsp3) is 0.674. The average molecular weight is 812 g/mol. The van der Waals surface area contributed by atoms with Crippen molar-refractivity contribution in [3.05, 3.63) is 41.5 Å². The van der Waals surface area contributed by atoms with Gasteiger partial charge in [0.25, 0.3) is 0 Å². The van der Waals surface area contributed by atoms with E-state index in [0.717, 1.165) is 6.42 Å². The number of unbranched alkanes of at least 4 members (excludes halogenated alkanes) is 1. The van der Waals surface area contributed by atoms with Crippen LogP contribution in [0.5, 0.6) is 5.75 Å². The summed E-state index contributed by atoms with van der Waals surface area (Å²) in [6, 6.07) is 0.111. The topological polar surface area (TPSA) is 246 Å². The quantitative estimate of drug-likeness (QED) is 0.100. The van der Waals surface area contributed by atoms with Crippen molar-refractivity contribution in [2.45, 2.75) is 141 Å². The summed E-state index contributed by atoms with van der Waals surface area (Å²) in [5.74, 6) is -4.65. The second kappa shape index (κ2) is 24.6. The first kappa shape index (κ1) is 48.0.